The van der Waals surface area contributed by atoms with Crippen molar-refractivity contribution < 1.29 is 19.3 Å². The molecule has 0 spiro atoms. The molecule has 132 valence electrons. The summed E-state index contributed by atoms with van der Waals surface area (Å²) < 4.78 is 16.4. The van der Waals surface area contributed by atoms with Crippen LogP contribution in [0.25, 0.3) is 0 Å². The second-order valence-corrected chi connectivity index (χ2v) is 6.25. The van der Waals surface area contributed by atoms with Gasteiger partial charge in [-0.3, -0.25) is 0 Å². The van der Waals surface area contributed by atoms with Gasteiger partial charge in [0.1, 0.15) is 0 Å². The van der Waals surface area contributed by atoms with E-state index in [0.29, 0.717) is 18.8 Å². The second-order valence-electron chi connectivity index (χ2n) is 5.17. The van der Waals surface area contributed by atoms with Crippen LogP contribution in [0.15, 0.2) is 0 Å². The molecule has 0 bridgehead atoms. The minimum atomic E-state index is 0.123. The molecule has 0 saturated heterocycles. The van der Waals surface area contributed by atoms with Gasteiger partial charge in [0, 0.05) is 11.0 Å². The third kappa shape index (κ3) is 44.9. The average Bonchev–Trinajstić information content (AvgIpc) is 2.41. The molecule has 0 heterocycles. The van der Waals surface area contributed by atoms with Crippen molar-refractivity contribution in [1.29, 1.82) is 0 Å². The lowest BCUT2D eigenvalue weighted by molar-refractivity contribution is 0.0494. The van der Waals surface area contributed by atoms with Gasteiger partial charge in [-0.15, -0.1) is 0 Å². The van der Waals surface area contributed by atoms with Crippen LogP contribution in [0.5, 0.6) is 0 Å². The predicted molar refractivity (Wildman–Crippen MR) is 99.5 cm³/mol. The van der Waals surface area contributed by atoms with Crippen LogP contribution in [0, 0.1) is 0 Å². The first-order valence-electron chi connectivity index (χ1n) is 7.83. The van der Waals surface area contributed by atoms with Gasteiger partial charge in [-0.25, -0.2) is 0 Å². The zero-order valence-corrected chi connectivity index (χ0v) is 17.2. The second kappa shape index (κ2) is 22.8. The Balaban J connectivity index is -0.000000231. The highest BCUT2D eigenvalue weighted by Gasteiger charge is 1.88. The van der Waals surface area contributed by atoms with Crippen LogP contribution >= 0.6 is 22.6 Å². The quantitative estimate of drug-likeness (QED) is 0.451. The number of alkyl halides is 1. The van der Waals surface area contributed by atoms with E-state index in [2.05, 4.69) is 43.4 Å². The number of aliphatic hydroxyl groups is 1. The smallest absolute Gasteiger partial charge is 0.0701 e. The Hall–Kier alpha value is 0.570. The van der Waals surface area contributed by atoms with E-state index in [1.54, 1.807) is 0 Å². The summed E-state index contributed by atoms with van der Waals surface area (Å²) >= 11 is 2.30. The normalized spacial score (nSPS) is 10.3. The molecule has 0 aromatic carbocycles. The van der Waals surface area contributed by atoms with E-state index in [4.69, 9.17) is 19.3 Å². The monoisotopic (exact) mass is 420 g/mol. The first-order chi connectivity index (χ1) is 9.81. The van der Waals surface area contributed by atoms with E-state index in [9.17, 15) is 0 Å². The van der Waals surface area contributed by atoms with Gasteiger partial charge in [0.25, 0.3) is 0 Å². The summed E-state index contributed by atoms with van der Waals surface area (Å²) in [6.45, 7) is 16.6. The molecule has 21 heavy (non-hydrogen) atoms. The molecule has 5 heteroatoms. The van der Waals surface area contributed by atoms with Gasteiger partial charge in [0.15, 0.2) is 0 Å². The van der Waals surface area contributed by atoms with Crippen LogP contribution in [0.1, 0.15) is 54.9 Å². The lowest BCUT2D eigenvalue weighted by Gasteiger charge is -2.03. The van der Waals surface area contributed by atoms with Crippen molar-refractivity contribution in [3.05, 3.63) is 0 Å². The molecular formula is C16H37IO4. The summed E-state index contributed by atoms with van der Waals surface area (Å²) in [5, 5.41) is 8.19. The van der Waals surface area contributed by atoms with E-state index in [0.717, 1.165) is 24.1 Å². The molecule has 0 saturated carbocycles. The van der Waals surface area contributed by atoms with Crippen molar-refractivity contribution in [1.82, 2.24) is 0 Å². The molecule has 0 radical (unpaired) electrons. The first-order valence-corrected chi connectivity index (χ1v) is 9.35. The van der Waals surface area contributed by atoms with E-state index in [-0.39, 0.29) is 12.7 Å². The molecule has 0 fully saturated rings. The van der Waals surface area contributed by atoms with Crippen molar-refractivity contribution in [3.63, 3.8) is 0 Å². The highest BCUT2D eigenvalue weighted by atomic mass is 127. The largest absolute Gasteiger partial charge is 0.394 e. The highest BCUT2D eigenvalue weighted by molar-refractivity contribution is 14.1. The van der Waals surface area contributed by atoms with Gasteiger partial charge < -0.3 is 19.3 Å². The topological polar surface area (TPSA) is 47.9 Å². The highest BCUT2D eigenvalue weighted by Crippen LogP contribution is 1.89. The number of halogens is 1. The molecule has 0 amide bonds. The van der Waals surface area contributed by atoms with Crippen LogP contribution in [-0.4, -0.2) is 54.3 Å². The van der Waals surface area contributed by atoms with Crippen LogP contribution in [0.2, 0.25) is 0 Å². The SMILES string of the molecule is CC(C)OCCI.CC(C)OCCO.CCCOC(C)C. The number of ether oxygens (including phenoxy) is 3. The van der Waals surface area contributed by atoms with E-state index in [1.165, 1.54) is 0 Å². The third-order valence-corrected chi connectivity index (χ3v) is 2.17. The fourth-order valence-corrected chi connectivity index (χ4v) is 1.18. The Morgan fingerprint density at radius 2 is 1.14 bits per heavy atom. The summed E-state index contributed by atoms with van der Waals surface area (Å²) in [5.41, 5.74) is 0. The number of rotatable bonds is 9. The minimum absolute atomic E-state index is 0.123. The molecule has 0 unspecified atom stereocenters. The fraction of sp³-hybridized carbons (Fsp3) is 1.00. The molecule has 0 aliphatic rings. The molecular weight excluding hydrogens is 383 g/mol. The standard InChI is InChI=1S/C6H14O.C5H11IO.C5H12O2/c1-4-5-7-6(2)3;2*1-5(2)7-4-3-6/h6H,4-5H2,1-3H3;5H,3-4H2,1-2H3;5-6H,3-4H2,1-2H3. The van der Waals surface area contributed by atoms with Crippen LogP contribution in [0.4, 0.5) is 0 Å². The Labute approximate surface area is 146 Å². The van der Waals surface area contributed by atoms with Gasteiger partial charge in [0.05, 0.1) is 38.1 Å². The fourth-order valence-electron chi connectivity index (χ4n) is 0.922. The summed E-state index contributed by atoms with van der Waals surface area (Å²) in [5.74, 6) is 0. The molecule has 0 atom stereocenters. The van der Waals surface area contributed by atoms with Crippen molar-refractivity contribution >= 4 is 22.6 Å². The summed E-state index contributed by atoms with van der Waals surface area (Å²) in [7, 11) is 0. The Morgan fingerprint density at radius 1 is 0.762 bits per heavy atom. The maximum atomic E-state index is 8.19. The van der Waals surface area contributed by atoms with Crippen molar-refractivity contribution in [3.8, 4) is 0 Å². The average molecular weight is 420 g/mol. The number of hydrogen-bond donors (Lipinski definition) is 1. The minimum Gasteiger partial charge on any atom is -0.394 e. The molecule has 0 rings (SSSR count). The van der Waals surface area contributed by atoms with Gasteiger partial charge >= 0.3 is 0 Å². The summed E-state index contributed by atoms with van der Waals surface area (Å²) in [4.78, 5) is 0. The van der Waals surface area contributed by atoms with Crippen LogP contribution < -0.4 is 0 Å². The third-order valence-electron chi connectivity index (χ3n) is 1.73. The van der Waals surface area contributed by atoms with Crippen LogP contribution in [-0.2, 0) is 14.2 Å². The lowest BCUT2D eigenvalue weighted by Crippen LogP contribution is -2.06. The molecule has 0 aromatic rings. The Kier molecular flexibility index (Phi) is 28.8. The first kappa shape index (κ1) is 26.5. The van der Waals surface area contributed by atoms with Gasteiger partial charge in [0.2, 0.25) is 0 Å². The number of aliphatic hydroxyl groups excluding tert-OH is 1. The zero-order valence-electron chi connectivity index (χ0n) is 15.0. The van der Waals surface area contributed by atoms with E-state index in [1.807, 2.05) is 27.7 Å². The Bertz CT molecular complexity index is 136. The molecule has 0 aromatic heterocycles. The molecule has 0 aliphatic heterocycles. The van der Waals surface area contributed by atoms with Gasteiger partial charge in [-0.05, 0) is 48.0 Å². The maximum Gasteiger partial charge on any atom is 0.0701 e. The Morgan fingerprint density at radius 3 is 1.29 bits per heavy atom. The molecule has 1 N–H and O–H groups in total. The predicted octanol–water partition coefficient (Wildman–Crippen LogP) is 4.07. The summed E-state index contributed by atoms with van der Waals surface area (Å²) in [6, 6.07) is 0. The van der Waals surface area contributed by atoms with E-state index >= 15 is 0 Å². The lowest BCUT2D eigenvalue weighted by atomic mass is 10.4. The van der Waals surface area contributed by atoms with Crippen molar-refractivity contribution in [2.75, 3.05) is 30.9 Å². The molecule has 0 aliphatic carbocycles. The van der Waals surface area contributed by atoms with Crippen LogP contribution in [0.3, 0.4) is 0 Å². The van der Waals surface area contributed by atoms with Gasteiger partial charge in [-0.1, -0.05) is 29.5 Å². The van der Waals surface area contributed by atoms with E-state index < -0.39 is 0 Å². The number of hydrogen-bond acceptors (Lipinski definition) is 4. The molecule has 4 nitrogen and oxygen atoms in total. The summed E-state index contributed by atoms with van der Waals surface area (Å²) in [6.07, 6.45) is 2.17. The van der Waals surface area contributed by atoms with Crippen molar-refractivity contribution in [2.24, 2.45) is 0 Å². The zero-order chi connectivity index (χ0) is 17.1. The van der Waals surface area contributed by atoms with Crippen molar-refractivity contribution in [2.45, 2.75) is 73.2 Å². The maximum absolute atomic E-state index is 8.19. The van der Waals surface area contributed by atoms with Gasteiger partial charge in [-0.2, -0.15) is 0 Å².